The number of nitrogens with zero attached hydrogens (tertiary/aromatic N) is 1. The van der Waals surface area contributed by atoms with Crippen molar-refractivity contribution in [2.24, 2.45) is 0 Å². The largest absolute Gasteiger partial charge is 0.314 e. The Bertz CT molecular complexity index is 131. The van der Waals surface area contributed by atoms with Gasteiger partial charge >= 0.3 is 0 Å². The number of hydrogen-bond donors (Lipinski definition) is 1. The predicted molar refractivity (Wildman–Crippen MR) is 44.5 cm³/mol. The molecule has 0 amide bonds. The molecule has 0 bridgehead atoms. The molecule has 0 aliphatic carbocycles. The first-order valence-corrected chi connectivity index (χ1v) is 4.11. The second-order valence-corrected chi connectivity index (χ2v) is 3.76. The Balaban J connectivity index is 2.55. The van der Waals surface area contributed by atoms with Crippen LogP contribution in [0, 0.1) is 0 Å². The summed E-state index contributed by atoms with van der Waals surface area (Å²) in [7, 11) is 1.98. The summed E-state index contributed by atoms with van der Waals surface area (Å²) < 4.78 is 13.4. The molecular formula is C8H17FN2. The summed E-state index contributed by atoms with van der Waals surface area (Å²) in [6.07, 6.45) is 0. The van der Waals surface area contributed by atoms with Crippen molar-refractivity contribution in [3.63, 3.8) is 0 Å². The number of likely N-dealkylation sites (N-methyl/N-ethyl adjacent to an activating group) is 1. The maximum Gasteiger partial charge on any atom is 0.122 e. The summed E-state index contributed by atoms with van der Waals surface area (Å²) in [5, 5.41) is 3.19. The van der Waals surface area contributed by atoms with Gasteiger partial charge in [0.25, 0.3) is 0 Å². The monoisotopic (exact) mass is 160 g/mol. The zero-order valence-corrected chi connectivity index (χ0v) is 7.52. The van der Waals surface area contributed by atoms with E-state index in [0.717, 1.165) is 19.6 Å². The van der Waals surface area contributed by atoms with Gasteiger partial charge in [-0.2, -0.15) is 0 Å². The van der Waals surface area contributed by atoms with Crippen LogP contribution < -0.4 is 5.32 Å². The number of alkyl halides is 1. The second kappa shape index (κ2) is 3.07. The minimum absolute atomic E-state index is 0.0243. The molecule has 66 valence electrons. The van der Waals surface area contributed by atoms with Gasteiger partial charge in [-0.3, -0.25) is 4.90 Å². The molecule has 0 aromatic rings. The van der Waals surface area contributed by atoms with Gasteiger partial charge in [-0.25, -0.2) is 4.39 Å². The lowest BCUT2D eigenvalue weighted by atomic mass is 9.98. The smallest absolute Gasteiger partial charge is 0.122 e. The molecular weight excluding hydrogens is 143 g/mol. The van der Waals surface area contributed by atoms with E-state index in [0.29, 0.717) is 0 Å². The van der Waals surface area contributed by atoms with Gasteiger partial charge in [0, 0.05) is 19.6 Å². The van der Waals surface area contributed by atoms with E-state index in [2.05, 4.69) is 10.2 Å². The third-order valence-electron chi connectivity index (χ3n) is 2.30. The second-order valence-electron chi connectivity index (χ2n) is 3.76. The fourth-order valence-electron chi connectivity index (χ4n) is 1.57. The van der Waals surface area contributed by atoms with Gasteiger partial charge in [0.2, 0.25) is 0 Å². The average Bonchev–Trinajstić information content (AvgIpc) is 1.86. The number of halogens is 1. The Labute approximate surface area is 67.8 Å². The fraction of sp³-hybridized carbons (Fsp3) is 1.00. The summed E-state index contributed by atoms with van der Waals surface area (Å²) in [6, 6.07) is 0.0243. The van der Waals surface area contributed by atoms with Crippen molar-refractivity contribution in [1.82, 2.24) is 10.2 Å². The summed E-state index contributed by atoms with van der Waals surface area (Å²) in [6.45, 7) is 5.96. The molecule has 0 spiro atoms. The van der Waals surface area contributed by atoms with Crippen molar-refractivity contribution >= 4 is 0 Å². The van der Waals surface area contributed by atoms with Crippen LogP contribution in [0.3, 0.4) is 0 Å². The number of piperazine rings is 1. The first kappa shape index (κ1) is 8.94. The van der Waals surface area contributed by atoms with Crippen LogP contribution in [0.15, 0.2) is 0 Å². The first-order valence-electron chi connectivity index (χ1n) is 4.11. The summed E-state index contributed by atoms with van der Waals surface area (Å²) >= 11 is 0. The van der Waals surface area contributed by atoms with Crippen LogP contribution in [0.1, 0.15) is 13.8 Å². The molecule has 1 aliphatic rings. The van der Waals surface area contributed by atoms with Crippen LogP contribution in [0.25, 0.3) is 0 Å². The van der Waals surface area contributed by atoms with Crippen molar-refractivity contribution in [3.8, 4) is 0 Å². The van der Waals surface area contributed by atoms with E-state index >= 15 is 0 Å². The van der Waals surface area contributed by atoms with Gasteiger partial charge in [0.15, 0.2) is 0 Å². The van der Waals surface area contributed by atoms with Crippen molar-refractivity contribution in [1.29, 1.82) is 0 Å². The average molecular weight is 160 g/mol. The van der Waals surface area contributed by atoms with Crippen LogP contribution in [0.4, 0.5) is 4.39 Å². The molecule has 11 heavy (non-hydrogen) atoms. The number of rotatable bonds is 1. The van der Waals surface area contributed by atoms with Gasteiger partial charge < -0.3 is 5.32 Å². The van der Waals surface area contributed by atoms with Crippen LogP contribution in [0.2, 0.25) is 0 Å². The highest BCUT2D eigenvalue weighted by atomic mass is 19.1. The maximum atomic E-state index is 13.4. The molecule has 1 saturated heterocycles. The molecule has 1 N–H and O–H groups in total. The molecule has 0 aromatic carbocycles. The quantitative estimate of drug-likeness (QED) is 0.605. The van der Waals surface area contributed by atoms with Crippen LogP contribution in [0.5, 0.6) is 0 Å². The number of nitrogens with one attached hydrogen (secondary N) is 1. The van der Waals surface area contributed by atoms with Gasteiger partial charge in [-0.15, -0.1) is 0 Å². The van der Waals surface area contributed by atoms with E-state index in [9.17, 15) is 4.39 Å². The van der Waals surface area contributed by atoms with Crippen LogP contribution in [-0.2, 0) is 0 Å². The van der Waals surface area contributed by atoms with Crippen molar-refractivity contribution in [2.75, 3.05) is 26.7 Å². The molecule has 0 radical (unpaired) electrons. The van der Waals surface area contributed by atoms with Crippen molar-refractivity contribution in [3.05, 3.63) is 0 Å². The van der Waals surface area contributed by atoms with E-state index in [1.807, 2.05) is 7.05 Å². The van der Waals surface area contributed by atoms with E-state index in [-0.39, 0.29) is 6.04 Å². The minimum atomic E-state index is -1.10. The van der Waals surface area contributed by atoms with Gasteiger partial charge in [-0.1, -0.05) is 0 Å². The Kier molecular flexibility index (Phi) is 2.50. The molecule has 0 saturated carbocycles. The normalized spacial score (nSPS) is 28.9. The van der Waals surface area contributed by atoms with Crippen molar-refractivity contribution in [2.45, 2.75) is 25.6 Å². The third kappa shape index (κ3) is 2.14. The molecule has 1 aliphatic heterocycles. The summed E-state index contributed by atoms with van der Waals surface area (Å²) in [4.78, 5) is 2.08. The van der Waals surface area contributed by atoms with E-state index in [1.54, 1.807) is 13.8 Å². The Morgan fingerprint density at radius 3 is 2.55 bits per heavy atom. The summed E-state index contributed by atoms with van der Waals surface area (Å²) in [5.74, 6) is 0. The van der Waals surface area contributed by atoms with Gasteiger partial charge in [0.1, 0.15) is 5.67 Å². The minimum Gasteiger partial charge on any atom is -0.314 e. The highest BCUT2D eigenvalue weighted by Gasteiger charge is 2.33. The molecule has 1 unspecified atom stereocenters. The van der Waals surface area contributed by atoms with Crippen LogP contribution in [-0.4, -0.2) is 43.3 Å². The summed E-state index contributed by atoms with van der Waals surface area (Å²) in [5.41, 5.74) is -1.10. The van der Waals surface area contributed by atoms with E-state index in [1.165, 1.54) is 0 Å². The molecule has 1 atom stereocenters. The van der Waals surface area contributed by atoms with Crippen molar-refractivity contribution < 1.29 is 4.39 Å². The maximum absolute atomic E-state index is 13.4. The molecule has 0 aromatic heterocycles. The number of hydrogen-bond acceptors (Lipinski definition) is 2. The van der Waals surface area contributed by atoms with Crippen LogP contribution >= 0.6 is 0 Å². The lowest BCUT2D eigenvalue weighted by Crippen LogP contribution is -2.56. The zero-order chi connectivity index (χ0) is 8.48. The zero-order valence-electron chi connectivity index (χ0n) is 7.52. The molecule has 3 heteroatoms. The lowest BCUT2D eigenvalue weighted by molar-refractivity contribution is 0.0512. The Morgan fingerprint density at radius 2 is 2.18 bits per heavy atom. The first-order chi connectivity index (χ1) is 5.02. The highest BCUT2D eigenvalue weighted by Crippen LogP contribution is 2.19. The standard InChI is InChI=1S/C8H17FN2/c1-8(2,9)7-6-10-4-5-11(7)3/h7,10H,4-6H2,1-3H3. The Morgan fingerprint density at radius 1 is 1.55 bits per heavy atom. The SMILES string of the molecule is CN1CCNCC1C(C)(C)F. The topological polar surface area (TPSA) is 15.3 Å². The van der Waals surface area contributed by atoms with Gasteiger partial charge in [0.05, 0.1) is 6.04 Å². The lowest BCUT2D eigenvalue weighted by Gasteiger charge is -2.38. The molecule has 2 nitrogen and oxygen atoms in total. The highest BCUT2D eigenvalue weighted by molar-refractivity contribution is 4.89. The molecule has 1 heterocycles. The van der Waals surface area contributed by atoms with E-state index in [4.69, 9.17) is 0 Å². The third-order valence-corrected chi connectivity index (χ3v) is 2.30. The van der Waals surface area contributed by atoms with Gasteiger partial charge in [-0.05, 0) is 20.9 Å². The Hall–Kier alpha value is -0.150. The predicted octanol–water partition coefficient (Wildman–Crippen LogP) is 0.638. The fourth-order valence-corrected chi connectivity index (χ4v) is 1.57. The molecule has 1 fully saturated rings. The van der Waals surface area contributed by atoms with E-state index < -0.39 is 5.67 Å². The molecule has 1 rings (SSSR count).